The van der Waals surface area contributed by atoms with Crippen molar-refractivity contribution < 1.29 is 26.4 Å². The lowest BCUT2D eigenvalue weighted by atomic mass is 10.2. The van der Waals surface area contributed by atoms with Crippen LogP contribution in [-0.2, 0) is 21.0 Å². The average molecular weight is 422 g/mol. The number of hydrogen-bond donors (Lipinski definition) is 3. The fourth-order valence-corrected chi connectivity index (χ4v) is 4.27. The van der Waals surface area contributed by atoms with Gasteiger partial charge in [0.25, 0.3) is 10.0 Å². The Kier molecular flexibility index (Phi) is 6.78. The number of anilines is 1. The van der Waals surface area contributed by atoms with Crippen molar-refractivity contribution in [2.75, 3.05) is 18.4 Å². The summed E-state index contributed by atoms with van der Waals surface area (Å²) in [4.78, 5) is 15.6. The zero-order chi connectivity index (χ0) is 20.1. The van der Waals surface area contributed by atoms with Crippen LogP contribution in [0.1, 0.15) is 12.5 Å². The van der Waals surface area contributed by atoms with Gasteiger partial charge in [0.2, 0.25) is 5.91 Å². The average Bonchev–Trinajstić information content (AvgIpc) is 3.13. The molecule has 0 spiro atoms. The number of thiophene rings is 1. The number of rotatable bonds is 8. The first-order valence-corrected chi connectivity index (χ1v) is 10.1. The number of pyridine rings is 1. The Balaban J connectivity index is 1.83. The minimum Gasteiger partial charge on any atom is -0.368 e. The quantitative estimate of drug-likeness (QED) is 0.566. The van der Waals surface area contributed by atoms with Crippen LogP contribution in [0.2, 0.25) is 0 Å². The number of halogens is 3. The highest BCUT2D eigenvalue weighted by Gasteiger charge is 2.34. The van der Waals surface area contributed by atoms with Gasteiger partial charge < -0.3 is 10.6 Å². The standard InChI is InChI=1S/C15H17F3N4O3S2/c1-10(22-27(24,25)12-5-3-9-26-12)14(23)21-8-7-20-13-11(15(16,17)18)4-2-6-19-13/h2-6,9-10,22H,7-8H2,1H3,(H,19,20)(H,21,23). The van der Waals surface area contributed by atoms with Crippen LogP contribution < -0.4 is 15.4 Å². The Morgan fingerprint density at radius 2 is 2.00 bits per heavy atom. The predicted octanol–water partition coefficient (Wildman–Crippen LogP) is 2.06. The monoisotopic (exact) mass is 422 g/mol. The third-order valence-corrected chi connectivity index (χ3v) is 6.25. The molecule has 0 aliphatic heterocycles. The van der Waals surface area contributed by atoms with E-state index in [1.54, 1.807) is 11.4 Å². The summed E-state index contributed by atoms with van der Waals surface area (Å²) in [6, 6.07) is 4.01. The number of hydrogen-bond acceptors (Lipinski definition) is 6. The summed E-state index contributed by atoms with van der Waals surface area (Å²) < 4.78 is 65.0. The number of aromatic nitrogens is 1. The van der Waals surface area contributed by atoms with Gasteiger partial charge in [0, 0.05) is 19.3 Å². The molecule has 0 aliphatic carbocycles. The molecule has 2 rings (SSSR count). The molecule has 2 heterocycles. The molecule has 0 saturated carbocycles. The van der Waals surface area contributed by atoms with Gasteiger partial charge in [-0.3, -0.25) is 4.79 Å². The molecule has 3 N–H and O–H groups in total. The first-order chi connectivity index (χ1) is 12.6. The number of sulfonamides is 1. The highest BCUT2D eigenvalue weighted by molar-refractivity contribution is 7.91. The van der Waals surface area contributed by atoms with Crippen LogP contribution >= 0.6 is 11.3 Å². The maximum atomic E-state index is 12.9. The van der Waals surface area contributed by atoms with E-state index in [0.29, 0.717) is 0 Å². The number of nitrogens with zero attached hydrogens (tertiary/aromatic N) is 1. The molecule has 2 aromatic heterocycles. The highest BCUT2D eigenvalue weighted by atomic mass is 32.2. The van der Waals surface area contributed by atoms with Gasteiger partial charge >= 0.3 is 6.18 Å². The van der Waals surface area contributed by atoms with Crippen LogP contribution in [0.4, 0.5) is 19.0 Å². The van der Waals surface area contributed by atoms with Crippen LogP contribution in [0, 0.1) is 0 Å². The van der Waals surface area contributed by atoms with Crippen LogP contribution in [0.25, 0.3) is 0 Å². The van der Waals surface area contributed by atoms with Gasteiger partial charge in [0.15, 0.2) is 0 Å². The Morgan fingerprint density at radius 1 is 1.26 bits per heavy atom. The van der Waals surface area contributed by atoms with E-state index in [1.807, 2.05) is 0 Å². The van der Waals surface area contributed by atoms with Crippen LogP contribution in [0.3, 0.4) is 0 Å². The SMILES string of the molecule is CC(NS(=O)(=O)c1cccs1)C(=O)NCCNc1ncccc1C(F)(F)F. The van der Waals surface area contributed by atoms with Crippen LogP contribution in [-0.4, -0.2) is 38.4 Å². The number of nitrogens with one attached hydrogen (secondary N) is 3. The molecule has 0 saturated heterocycles. The van der Waals surface area contributed by atoms with E-state index < -0.39 is 33.7 Å². The lowest BCUT2D eigenvalue weighted by Gasteiger charge is -2.15. The van der Waals surface area contributed by atoms with E-state index in [4.69, 9.17) is 0 Å². The molecular weight excluding hydrogens is 405 g/mol. The summed E-state index contributed by atoms with van der Waals surface area (Å²) in [6.07, 6.45) is -3.33. The predicted molar refractivity (Wildman–Crippen MR) is 94.8 cm³/mol. The van der Waals surface area contributed by atoms with E-state index in [-0.39, 0.29) is 23.1 Å². The van der Waals surface area contributed by atoms with Gasteiger partial charge in [-0.15, -0.1) is 11.3 Å². The first kappa shape index (κ1) is 21.1. The molecule has 1 unspecified atom stereocenters. The molecule has 0 aliphatic rings. The first-order valence-electron chi connectivity index (χ1n) is 7.71. The Morgan fingerprint density at radius 3 is 2.63 bits per heavy atom. The molecule has 0 radical (unpaired) electrons. The molecule has 1 amide bonds. The summed E-state index contributed by atoms with van der Waals surface area (Å²) in [5.74, 6) is -0.945. The van der Waals surface area contributed by atoms with Gasteiger partial charge in [-0.25, -0.2) is 13.4 Å². The zero-order valence-electron chi connectivity index (χ0n) is 14.1. The summed E-state index contributed by atoms with van der Waals surface area (Å²) >= 11 is 1.01. The van der Waals surface area contributed by atoms with Crippen molar-refractivity contribution in [2.24, 2.45) is 0 Å². The Bertz CT molecular complexity index is 871. The fraction of sp³-hybridized carbons (Fsp3) is 0.333. The fourth-order valence-electron chi connectivity index (χ4n) is 2.06. The molecule has 0 fully saturated rings. The number of amides is 1. The number of carbonyl (C=O) groups is 1. The van der Waals surface area contributed by atoms with Crippen molar-refractivity contribution in [1.29, 1.82) is 0 Å². The topological polar surface area (TPSA) is 100 Å². The van der Waals surface area contributed by atoms with Gasteiger partial charge in [-0.2, -0.15) is 17.9 Å². The van der Waals surface area contributed by atoms with Crippen molar-refractivity contribution >= 4 is 33.1 Å². The van der Waals surface area contributed by atoms with Gasteiger partial charge in [-0.05, 0) is 30.5 Å². The molecule has 1 atom stereocenters. The highest BCUT2D eigenvalue weighted by Crippen LogP contribution is 2.33. The molecule has 12 heteroatoms. The maximum Gasteiger partial charge on any atom is 0.419 e. The van der Waals surface area contributed by atoms with Gasteiger partial charge in [-0.1, -0.05) is 6.07 Å². The Labute approximate surface area is 158 Å². The van der Waals surface area contributed by atoms with E-state index in [0.717, 1.165) is 17.4 Å². The van der Waals surface area contributed by atoms with Gasteiger partial charge in [0.1, 0.15) is 10.0 Å². The maximum absolute atomic E-state index is 12.9. The zero-order valence-corrected chi connectivity index (χ0v) is 15.7. The summed E-state index contributed by atoms with van der Waals surface area (Å²) in [5.41, 5.74) is -0.909. The smallest absolute Gasteiger partial charge is 0.368 e. The van der Waals surface area contributed by atoms with E-state index in [1.165, 1.54) is 25.3 Å². The van der Waals surface area contributed by atoms with E-state index in [9.17, 15) is 26.4 Å². The molecule has 0 aromatic carbocycles. The number of alkyl halides is 3. The third-order valence-electron chi connectivity index (χ3n) is 3.31. The lowest BCUT2D eigenvalue weighted by Crippen LogP contribution is -2.45. The van der Waals surface area contributed by atoms with E-state index in [2.05, 4.69) is 20.3 Å². The summed E-state index contributed by atoms with van der Waals surface area (Å²) in [6.45, 7) is 1.34. The largest absolute Gasteiger partial charge is 0.419 e. The molecule has 27 heavy (non-hydrogen) atoms. The Hall–Kier alpha value is -2.18. The van der Waals surface area contributed by atoms with Crippen molar-refractivity contribution in [3.05, 3.63) is 41.4 Å². The van der Waals surface area contributed by atoms with Crippen molar-refractivity contribution in [3.63, 3.8) is 0 Å². The third kappa shape index (κ3) is 5.91. The van der Waals surface area contributed by atoms with Crippen molar-refractivity contribution in [1.82, 2.24) is 15.0 Å². The van der Waals surface area contributed by atoms with Crippen LogP contribution in [0.5, 0.6) is 0 Å². The van der Waals surface area contributed by atoms with Crippen LogP contribution in [0.15, 0.2) is 40.1 Å². The molecule has 0 bridgehead atoms. The summed E-state index contributed by atoms with van der Waals surface area (Å²) in [5, 5.41) is 6.54. The van der Waals surface area contributed by atoms with Gasteiger partial charge in [0.05, 0.1) is 11.6 Å². The molecule has 7 nitrogen and oxygen atoms in total. The van der Waals surface area contributed by atoms with Crippen molar-refractivity contribution in [3.8, 4) is 0 Å². The van der Waals surface area contributed by atoms with Crippen molar-refractivity contribution in [2.45, 2.75) is 23.4 Å². The molecular formula is C15H17F3N4O3S2. The van der Waals surface area contributed by atoms with E-state index >= 15 is 0 Å². The normalized spacial score (nSPS) is 13.2. The molecule has 148 valence electrons. The minimum atomic E-state index is -4.55. The number of carbonyl (C=O) groups excluding carboxylic acids is 1. The second kappa shape index (κ2) is 8.67. The lowest BCUT2D eigenvalue weighted by molar-refractivity contribution is -0.137. The second-order valence-corrected chi connectivity index (χ2v) is 8.28. The minimum absolute atomic E-state index is 0.0161. The molecule has 2 aromatic rings. The second-order valence-electron chi connectivity index (χ2n) is 5.39. The summed E-state index contributed by atoms with van der Waals surface area (Å²) in [7, 11) is -3.80.